The molecule has 1 aromatic heterocycles. The summed E-state index contributed by atoms with van der Waals surface area (Å²) in [6.07, 6.45) is 3.71. The zero-order chi connectivity index (χ0) is 17.6. The molecular formula is C20H25N3OS. The third kappa shape index (κ3) is 4.83. The van der Waals surface area contributed by atoms with Crippen molar-refractivity contribution in [2.75, 3.05) is 26.2 Å². The van der Waals surface area contributed by atoms with Crippen molar-refractivity contribution in [2.24, 2.45) is 0 Å². The quantitative estimate of drug-likeness (QED) is 0.769. The Bertz CT molecular complexity index is 697. The number of carbonyl (C=O) groups is 1. The van der Waals surface area contributed by atoms with Crippen molar-refractivity contribution < 1.29 is 4.79 Å². The minimum Gasteiger partial charge on any atom is -0.336 e. The fourth-order valence-electron chi connectivity index (χ4n) is 3.03. The lowest BCUT2D eigenvalue weighted by Gasteiger charge is -2.35. The number of benzene rings is 1. The lowest BCUT2D eigenvalue weighted by atomic mass is 10.1. The van der Waals surface area contributed by atoms with E-state index in [4.69, 9.17) is 0 Å². The normalized spacial score (nSPS) is 15.6. The first-order chi connectivity index (χ1) is 12.1. The Morgan fingerprint density at radius 3 is 2.56 bits per heavy atom. The highest BCUT2D eigenvalue weighted by atomic mass is 32.2. The van der Waals surface area contributed by atoms with Gasteiger partial charge in [0.15, 0.2) is 0 Å². The van der Waals surface area contributed by atoms with Crippen LogP contribution in [0, 0.1) is 0 Å². The molecule has 0 atom stereocenters. The molecule has 1 fully saturated rings. The first-order valence-corrected chi connectivity index (χ1v) is 9.67. The summed E-state index contributed by atoms with van der Waals surface area (Å²) < 4.78 is 0. The molecule has 0 bridgehead atoms. The van der Waals surface area contributed by atoms with Gasteiger partial charge < -0.3 is 4.90 Å². The predicted molar refractivity (Wildman–Crippen MR) is 103 cm³/mol. The van der Waals surface area contributed by atoms with E-state index in [1.165, 1.54) is 5.56 Å². The lowest BCUT2D eigenvalue weighted by molar-refractivity contribution is 0.0625. The van der Waals surface area contributed by atoms with Gasteiger partial charge >= 0.3 is 0 Å². The van der Waals surface area contributed by atoms with Crippen molar-refractivity contribution in [3.8, 4) is 0 Å². The van der Waals surface area contributed by atoms with Crippen molar-refractivity contribution >= 4 is 17.7 Å². The van der Waals surface area contributed by atoms with Crippen LogP contribution in [-0.4, -0.2) is 52.1 Å². The van der Waals surface area contributed by atoms with Crippen LogP contribution in [0.5, 0.6) is 0 Å². The molecule has 1 saturated heterocycles. The number of pyridine rings is 1. The van der Waals surface area contributed by atoms with E-state index in [0.717, 1.165) is 43.2 Å². The standard InChI is InChI=1S/C20H25N3OS/c1-16(2)25-19-8-4-3-7-18(19)20(24)23-12-10-22(11-13-23)15-17-6-5-9-21-14-17/h3-9,14,16H,10-13,15H2,1-2H3. The Balaban J connectivity index is 1.60. The number of aromatic nitrogens is 1. The molecule has 1 aliphatic heterocycles. The summed E-state index contributed by atoms with van der Waals surface area (Å²) in [4.78, 5) is 22.6. The topological polar surface area (TPSA) is 36.4 Å². The number of amides is 1. The van der Waals surface area contributed by atoms with Crippen molar-refractivity contribution in [3.63, 3.8) is 0 Å². The molecule has 4 nitrogen and oxygen atoms in total. The fourth-order valence-corrected chi connectivity index (χ4v) is 3.98. The predicted octanol–water partition coefficient (Wildman–Crippen LogP) is 3.54. The number of piperazine rings is 1. The second kappa shape index (κ2) is 8.50. The highest BCUT2D eigenvalue weighted by molar-refractivity contribution is 8.00. The molecule has 0 spiro atoms. The molecule has 0 radical (unpaired) electrons. The van der Waals surface area contributed by atoms with Crippen molar-refractivity contribution in [2.45, 2.75) is 30.5 Å². The molecule has 1 aromatic carbocycles. The van der Waals surface area contributed by atoms with Crippen LogP contribution in [0.3, 0.4) is 0 Å². The number of hydrogen-bond donors (Lipinski definition) is 0. The molecule has 25 heavy (non-hydrogen) atoms. The number of carbonyl (C=O) groups excluding carboxylic acids is 1. The molecular weight excluding hydrogens is 330 g/mol. The van der Waals surface area contributed by atoms with E-state index in [0.29, 0.717) is 5.25 Å². The maximum absolute atomic E-state index is 13.0. The number of thioether (sulfide) groups is 1. The zero-order valence-corrected chi connectivity index (χ0v) is 15.7. The summed E-state index contributed by atoms with van der Waals surface area (Å²) in [7, 11) is 0. The Morgan fingerprint density at radius 2 is 1.88 bits per heavy atom. The van der Waals surface area contributed by atoms with Crippen molar-refractivity contribution in [1.29, 1.82) is 0 Å². The van der Waals surface area contributed by atoms with Crippen LogP contribution in [0.15, 0.2) is 53.7 Å². The third-order valence-electron chi connectivity index (χ3n) is 4.27. The molecule has 0 saturated carbocycles. The average Bonchev–Trinajstić information content (AvgIpc) is 2.63. The Morgan fingerprint density at radius 1 is 1.12 bits per heavy atom. The molecule has 2 heterocycles. The van der Waals surface area contributed by atoms with Crippen LogP contribution in [0.2, 0.25) is 0 Å². The molecule has 5 heteroatoms. The van der Waals surface area contributed by atoms with Crippen LogP contribution in [0.25, 0.3) is 0 Å². The minimum absolute atomic E-state index is 0.157. The Kier molecular flexibility index (Phi) is 6.10. The first-order valence-electron chi connectivity index (χ1n) is 8.79. The van der Waals surface area contributed by atoms with Crippen LogP contribution in [0.4, 0.5) is 0 Å². The first kappa shape index (κ1) is 18.0. The fraction of sp³-hybridized carbons (Fsp3) is 0.400. The van der Waals surface area contributed by atoms with Gasteiger partial charge in [-0.3, -0.25) is 14.7 Å². The Labute approximate surface area is 154 Å². The van der Waals surface area contributed by atoms with Gasteiger partial charge in [0.25, 0.3) is 5.91 Å². The van der Waals surface area contributed by atoms with Crippen LogP contribution >= 0.6 is 11.8 Å². The molecule has 1 amide bonds. The largest absolute Gasteiger partial charge is 0.336 e. The van der Waals surface area contributed by atoms with Crippen LogP contribution in [-0.2, 0) is 6.54 Å². The van der Waals surface area contributed by atoms with Gasteiger partial charge in [0.05, 0.1) is 5.56 Å². The van der Waals surface area contributed by atoms with E-state index in [2.05, 4.69) is 35.9 Å². The molecule has 2 aromatic rings. The molecule has 0 N–H and O–H groups in total. The van der Waals surface area contributed by atoms with E-state index in [9.17, 15) is 4.79 Å². The summed E-state index contributed by atoms with van der Waals surface area (Å²) in [6.45, 7) is 8.57. The van der Waals surface area contributed by atoms with Gasteiger partial charge in [-0.15, -0.1) is 11.8 Å². The second-order valence-corrected chi connectivity index (χ2v) is 8.21. The van der Waals surface area contributed by atoms with Gasteiger partial charge in [0.2, 0.25) is 0 Å². The van der Waals surface area contributed by atoms with Gasteiger partial charge in [-0.25, -0.2) is 0 Å². The summed E-state index contributed by atoms with van der Waals surface area (Å²) in [6, 6.07) is 12.0. The maximum Gasteiger partial charge on any atom is 0.255 e. The van der Waals surface area contributed by atoms with Crippen molar-refractivity contribution in [3.05, 3.63) is 59.9 Å². The van der Waals surface area contributed by atoms with Gasteiger partial charge in [0.1, 0.15) is 0 Å². The SMILES string of the molecule is CC(C)Sc1ccccc1C(=O)N1CCN(Cc2cccnc2)CC1. The maximum atomic E-state index is 13.0. The number of nitrogens with zero attached hydrogens (tertiary/aromatic N) is 3. The summed E-state index contributed by atoms with van der Waals surface area (Å²) in [5.74, 6) is 0.157. The second-order valence-electron chi connectivity index (χ2n) is 6.59. The van der Waals surface area contributed by atoms with Gasteiger partial charge in [-0.05, 0) is 23.8 Å². The number of hydrogen-bond acceptors (Lipinski definition) is 4. The third-order valence-corrected chi connectivity index (χ3v) is 5.35. The molecule has 3 rings (SSSR count). The van der Waals surface area contributed by atoms with E-state index >= 15 is 0 Å². The monoisotopic (exact) mass is 355 g/mol. The zero-order valence-electron chi connectivity index (χ0n) is 14.9. The Hall–Kier alpha value is -1.85. The lowest BCUT2D eigenvalue weighted by Crippen LogP contribution is -2.48. The smallest absolute Gasteiger partial charge is 0.255 e. The summed E-state index contributed by atoms with van der Waals surface area (Å²) in [5, 5.41) is 0.463. The number of rotatable bonds is 5. The van der Waals surface area contributed by atoms with Gasteiger partial charge in [-0.2, -0.15) is 0 Å². The highest BCUT2D eigenvalue weighted by Gasteiger charge is 2.24. The van der Waals surface area contributed by atoms with Crippen molar-refractivity contribution in [1.82, 2.24) is 14.8 Å². The molecule has 0 aliphatic carbocycles. The molecule has 0 unspecified atom stereocenters. The summed E-state index contributed by atoms with van der Waals surface area (Å²) >= 11 is 1.75. The van der Waals surface area contributed by atoms with Crippen LogP contribution < -0.4 is 0 Å². The highest BCUT2D eigenvalue weighted by Crippen LogP contribution is 2.27. The van der Waals surface area contributed by atoms with Crippen LogP contribution in [0.1, 0.15) is 29.8 Å². The molecule has 132 valence electrons. The van der Waals surface area contributed by atoms with E-state index in [-0.39, 0.29) is 5.91 Å². The average molecular weight is 356 g/mol. The van der Waals surface area contributed by atoms with E-state index in [1.54, 1.807) is 18.0 Å². The van der Waals surface area contributed by atoms with E-state index in [1.807, 2.05) is 35.4 Å². The van der Waals surface area contributed by atoms with Gasteiger partial charge in [-0.1, -0.05) is 32.0 Å². The molecule has 1 aliphatic rings. The van der Waals surface area contributed by atoms with E-state index < -0.39 is 0 Å². The van der Waals surface area contributed by atoms with Gasteiger partial charge in [0, 0.05) is 55.3 Å². The minimum atomic E-state index is 0.157. The summed E-state index contributed by atoms with van der Waals surface area (Å²) in [5.41, 5.74) is 2.06.